The second-order valence-electron chi connectivity index (χ2n) is 12.5. The molecule has 1 saturated heterocycles. The number of aliphatic hydroxyl groups excluding tert-OH is 3. The predicted octanol–water partition coefficient (Wildman–Crippen LogP) is 12.2. The van der Waals surface area contributed by atoms with Gasteiger partial charge in [-0.3, -0.25) is 0 Å². The molecule has 1 fully saturated rings. The van der Waals surface area contributed by atoms with E-state index in [4.69, 9.17) is 29.5 Å². The molecular weight excluding hydrogens is 614 g/mol. The van der Waals surface area contributed by atoms with E-state index < -0.39 is 0 Å². The molecule has 1 heterocycles. The van der Waals surface area contributed by atoms with Crippen molar-refractivity contribution in [1.29, 1.82) is 0 Å². The van der Waals surface area contributed by atoms with E-state index in [0.717, 1.165) is 64.4 Å². The molecule has 1 aliphatic rings. The van der Waals surface area contributed by atoms with Crippen molar-refractivity contribution in [1.82, 2.24) is 4.90 Å². The summed E-state index contributed by atoms with van der Waals surface area (Å²) in [6.07, 6.45) is 36.2. The third-order valence-electron chi connectivity index (χ3n) is 7.87. The van der Waals surface area contributed by atoms with Crippen molar-refractivity contribution in [2.75, 3.05) is 60.0 Å². The fraction of sp³-hybridized carbons (Fsp3) is 0.905. The van der Waals surface area contributed by atoms with Gasteiger partial charge in [0.1, 0.15) is 6.79 Å². The lowest BCUT2D eigenvalue weighted by Gasteiger charge is -2.13. The lowest BCUT2D eigenvalue weighted by atomic mass is 10.1. The number of allylic oxidation sites excluding steroid dienone is 2. The smallest absolute Gasteiger partial charge is 0.146 e. The summed E-state index contributed by atoms with van der Waals surface area (Å²) in [5.41, 5.74) is 0. The highest BCUT2D eigenvalue weighted by Gasteiger charge is 2.09. The first-order chi connectivity index (χ1) is 23.2. The molecule has 1 aliphatic heterocycles. The van der Waals surface area contributed by atoms with Crippen molar-refractivity contribution in [2.24, 2.45) is 0 Å². The van der Waals surface area contributed by atoms with Gasteiger partial charge in [-0.05, 0) is 96.3 Å². The normalized spacial score (nSPS) is 12.3. The summed E-state index contributed by atoms with van der Waals surface area (Å²) < 4.78 is 15.7. The molecule has 0 aromatic carbocycles. The van der Waals surface area contributed by atoms with Crippen molar-refractivity contribution in [3.05, 3.63) is 24.7 Å². The first-order valence-corrected chi connectivity index (χ1v) is 19.7. The fourth-order valence-corrected chi connectivity index (χ4v) is 4.90. The van der Waals surface area contributed by atoms with Crippen LogP contribution in [0.25, 0.3) is 0 Å². The van der Waals surface area contributed by atoms with Gasteiger partial charge in [-0.2, -0.15) is 0 Å². The van der Waals surface area contributed by atoms with E-state index in [1.165, 1.54) is 129 Å². The summed E-state index contributed by atoms with van der Waals surface area (Å²) in [5.74, 6) is 0. The Hall–Kier alpha value is -1.12. The zero-order chi connectivity index (χ0) is 35.2. The molecule has 0 bridgehead atoms. The van der Waals surface area contributed by atoms with Crippen LogP contribution in [0.3, 0.4) is 0 Å². The third-order valence-corrected chi connectivity index (χ3v) is 7.87. The van der Waals surface area contributed by atoms with Crippen molar-refractivity contribution in [3.8, 4) is 0 Å². The Bertz CT molecular complexity index is 549. The highest BCUT2D eigenvalue weighted by atomic mass is 16.7. The Morgan fingerprint density at radius 3 is 1.49 bits per heavy atom. The first-order valence-electron chi connectivity index (χ1n) is 19.7. The highest BCUT2D eigenvalue weighted by molar-refractivity contribution is 4.72. The van der Waals surface area contributed by atoms with E-state index in [-0.39, 0.29) is 14.9 Å². The molecule has 0 saturated carbocycles. The minimum absolute atomic E-state index is 0. The van der Waals surface area contributed by atoms with Gasteiger partial charge in [0.25, 0.3) is 0 Å². The summed E-state index contributed by atoms with van der Waals surface area (Å²) in [7, 11) is 1.68. The zero-order valence-electron chi connectivity index (χ0n) is 32.0. The summed E-state index contributed by atoms with van der Waals surface area (Å²) in [5, 5.41) is 25.3. The molecule has 3 N–H and O–H groups in total. The topological polar surface area (TPSA) is 91.6 Å². The summed E-state index contributed by atoms with van der Waals surface area (Å²) in [6.45, 7) is 13.2. The second kappa shape index (κ2) is 59.0. The number of rotatable bonds is 30. The van der Waals surface area contributed by atoms with Crippen LogP contribution >= 0.6 is 0 Å². The summed E-state index contributed by atoms with van der Waals surface area (Å²) in [4.78, 5) is 2.55. The van der Waals surface area contributed by atoms with E-state index in [1.54, 1.807) is 19.4 Å². The number of ether oxygens (including phenoxy) is 3. The maximum Gasteiger partial charge on any atom is 0.146 e. The van der Waals surface area contributed by atoms with Gasteiger partial charge in [-0.15, -0.1) is 0 Å². The van der Waals surface area contributed by atoms with Crippen LogP contribution in [0.1, 0.15) is 190 Å². The van der Waals surface area contributed by atoms with Crippen molar-refractivity contribution in [3.63, 3.8) is 0 Å². The third kappa shape index (κ3) is 62.5. The number of hydrogen-bond acceptors (Lipinski definition) is 7. The molecule has 0 aromatic rings. The average Bonchev–Trinajstić information content (AvgIpc) is 3.62. The molecule has 0 aliphatic carbocycles. The van der Waals surface area contributed by atoms with E-state index in [9.17, 15) is 0 Å². The number of hydrogen-bond donors (Lipinski definition) is 3. The van der Waals surface area contributed by atoms with Crippen LogP contribution in [-0.2, 0) is 14.2 Å². The number of methoxy groups -OCH3 is 1. The first kappa shape index (κ1) is 57.2. The highest BCUT2D eigenvalue weighted by Crippen LogP contribution is 2.08. The van der Waals surface area contributed by atoms with Crippen molar-refractivity contribution < 1.29 is 29.5 Å². The van der Waals surface area contributed by atoms with E-state index in [1.807, 2.05) is 0 Å². The summed E-state index contributed by atoms with van der Waals surface area (Å²) in [6, 6.07) is 0. The van der Waals surface area contributed by atoms with Gasteiger partial charge < -0.3 is 34.4 Å². The standard InChI is InChI=1S/C16H33NO3.C9H18O.C8H18O.C7H14O.2CH4/c18-13-7-2-1-3-8-14-19-16-20-15-9-6-12-17-10-4-5-11-17;1-3-4-5-6-7-8-9-10-2;1-2-3-4-5-6-7-8-9;1-2-3-4-5-6-7-8;;/h18H,1-16H2;8-9H,3-7H2,1-2H3;9H,2-8H2,1H3;6-8H,2-5H2,1H3;2*1H4/b;9-8-;;7-6-;;. The monoisotopic (exact) mass is 706 g/mol. The van der Waals surface area contributed by atoms with Crippen LogP contribution in [-0.4, -0.2) is 80.2 Å². The molecule has 300 valence electrons. The van der Waals surface area contributed by atoms with Crippen LogP contribution in [0.4, 0.5) is 0 Å². The molecule has 0 spiro atoms. The van der Waals surface area contributed by atoms with Gasteiger partial charge in [0.2, 0.25) is 0 Å². The molecule has 0 unspecified atom stereocenters. The van der Waals surface area contributed by atoms with Crippen LogP contribution in [0.2, 0.25) is 0 Å². The van der Waals surface area contributed by atoms with Crippen LogP contribution in [0.5, 0.6) is 0 Å². The Labute approximate surface area is 308 Å². The predicted molar refractivity (Wildman–Crippen MR) is 217 cm³/mol. The molecular formula is C42H91NO6. The maximum absolute atomic E-state index is 8.65. The molecule has 0 atom stereocenters. The molecule has 7 nitrogen and oxygen atoms in total. The van der Waals surface area contributed by atoms with Gasteiger partial charge in [0.15, 0.2) is 0 Å². The van der Waals surface area contributed by atoms with E-state index >= 15 is 0 Å². The number of aliphatic hydroxyl groups is 3. The minimum Gasteiger partial charge on any atom is -0.516 e. The van der Waals surface area contributed by atoms with Crippen LogP contribution in [0, 0.1) is 0 Å². The average molecular weight is 706 g/mol. The van der Waals surface area contributed by atoms with Crippen molar-refractivity contribution in [2.45, 2.75) is 190 Å². The maximum atomic E-state index is 8.65. The van der Waals surface area contributed by atoms with Crippen LogP contribution < -0.4 is 0 Å². The molecule has 0 aromatic heterocycles. The van der Waals surface area contributed by atoms with Gasteiger partial charge in [0.05, 0.1) is 19.6 Å². The SMILES string of the molecule is C.C.CCCCC/C=C\O.CCCCCC/C=C\OC.CCCCCCCCO.OCCCCCCCOCOCCCCN1CCCC1. The molecule has 0 amide bonds. The summed E-state index contributed by atoms with van der Waals surface area (Å²) >= 11 is 0. The van der Waals surface area contributed by atoms with Crippen LogP contribution in [0.15, 0.2) is 24.7 Å². The van der Waals surface area contributed by atoms with Gasteiger partial charge in [0, 0.05) is 26.4 Å². The van der Waals surface area contributed by atoms with Gasteiger partial charge in [-0.1, -0.05) is 125 Å². The lowest BCUT2D eigenvalue weighted by molar-refractivity contribution is -0.0557. The van der Waals surface area contributed by atoms with E-state index in [0.29, 0.717) is 20.0 Å². The van der Waals surface area contributed by atoms with Crippen molar-refractivity contribution >= 4 is 0 Å². The Morgan fingerprint density at radius 1 is 0.551 bits per heavy atom. The van der Waals surface area contributed by atoms with Gasteiger partial charge in [-0.25, -0.2) is 0 Å². The van der Waals surface area contributed by atoms with Gasteiger partial charge >= 0.3 is 0 Å². The quantitative estimate of drug-likeness (QED) is 0.0389. The largest absolute Gasteiger partial charge is 0.516 e. The molecule has 1 rings (SSSR count). The molecule has 7 heteroatoms. The molecule has 49 heavy (non-hydrogen) atoms. The minimum atomic E-state index is 0. The van der Waals surface area contributed by atoms with E-state index in [2.05, 4.69) is 31.7 Å². The number of likely N-dealkylation sites (tertiary alicyclic amines) is 1. The Morgan fingerprint density at radius 2 is 0.980 bits per heavy atom. The number of unbranched alkanes of at least 4 members (excludes halogenated alkanes) is 17. The lowest BCUT2D eigenvalue weighted by Crippen LogP contribution is -2.20. The Kier molecular flexibility index (Phi) is 69.0. The Balaban J connectivity index is -0.000000189. The second-order valence-corrected chi connectivity index (χ2v) is 12.5. The fourth-order valence-electron chi connectivity index (χ4n) is 4.90. The zero-order valence-corrected chi connectivity index (χ0v) is 32.0. The molecule has 0 radical (unpaired) electrons. The number of nitrogens with zero attached hydrogens (tertiary/aromatic N) is 1.